The van der Waals surface area contributed by atoms with Gasteiger partial charge in [-0.15, -0.1) is 6.58 Å². The summed E-state index contributed by atoms with van der Waals surface area (Å²) in [6.07, 6.45) is 2.87. The fraction of sp³-hybridized carbons (Fsp3) is 0.471. The molecule has 0 unspecified atom stereocenters. The Morgan fingerprint density at radius 2 is 2.16 bits per heavy atom. The molecule has 8 heteroatoms. The molecule has 0 aliphatic carbocycles. The van der Waals surface area contributed by atoms with Gasteiger partial charge in [-0.25, -0.2) is 8.42 Å². The molecule has 1 heterocycles. The molecule has 0 radical (unpaired) electrons. The average molecular weight is 368 g/mol. The Balaban J connectivity index is 2.27. The van der Waals surface area contributed by atoms with Crippen molar-refractivity contribution in [2.24, 2.45) is 5.92 Å². The predicted octanol–water partition coefficient (Wildman–Crippen LogP) is 1.41. The van der Waals surface area contributed by atoms with Crippen molar-refractivity contribution in [3.63, 3.8) is 0 Å². The summed E-state index contributed by atoms with van der Waals surface area (Å²) in [5.74, 6) is 0.146. The Kier molecular flexibility index (Phi) is 6.44. The Bertz CT molecular complexity index is 733. The quantitative estimate of drug-likeness (QED) is 0.736. The second-order valence-corrected chi connectivity index (χ2v) is 7.66. The van der Waals surface area contributed by atoms with Crippen molar-refractivity contribution in [1.82, 2.24) is 9.62 Å². The van der Waals surface area contributed by atoms with Gasteiger partial charge in [0.05, 0.1) is 20.1 Å². The molecule has 7 nitrogen and oxygen atoms in total. The zero-order valence-corrected chi connectivity index (χ0v) is 15.3. The molecule has 1 aliphatic heterocycles. The largest absolute Gasteiger partial charge is 0.497 e. The fourth-order valence-electron chi connectivity index (χ4n) is 2.82. The number of sulfonamides is 1. The maximum atomic E-state index is 13.1. The molecule has 1 N–H and O–H groups in total. The molecular weight excluding hydrogens is 344 g/mol. The monoisotopic (exact) mass is 368 g/mol. The highest BCUT2D eigenvalue weighted by Gasteiger charge is 2.34. The standard InChI is InChI=1S/C17H24N2O5S/c1-4-9-18-17(20)13-6-5-10-19(12-13)25(21,22)16-11-14(23-2)7-8-15(16)24-3/h4,7-8,11,13H,1,5-6,9-10,12H2,2-3H3,(H,18,20)/t13-/m1/s1. The highest BCUT2D eigenvalue weighted by molar-refractivity contribution is 7.89. The summed E-state index contributed by atoms with van der Waals surface area (Å²) in [6.45, 7) is 4.44. The van der Waals surface area contributed by atoms with Crippen LogP contribution in [0.15, 0.2) is 35.7 Å². The number of carbonyl (C=O) groups is 1. The van der Waals surface area contributed by atoms with Crippen LogP contribution in [0.25, 0.3) is 0 Å². The lowest BCUT2D eigenvalue weighted by atomic mass is 9.99. The van der Waals surface area contributed by atoms with Gasteiger partial charge in [-0.3, -0.25) is 4.79 Å². The van der Waals surface area contributed by atoms with Crippen LogP contribution in [-0.2, 0) is 14.8 Å². The van der Waals surface area contributed by atoms with Gasteiger partial charge in [0.25, 0.3) is 0 Å². The van der Waals surface area contributed by atoms with E-state index in [-0.39, 0.29) is 29.0 Å². The first kappa shape index (κ1) is 19.3. The summed E-state index contributed by atoms with van der Waals surface area (Å²) in [5.41, 5.74) is 0. The van der Waals surface area contributed by atoms with Crippen molar-refractivity contribution in [1.29, 1.82) is 0 Å². The van der Waals surface area contributed by atoms with Gasteiger partial charge in [0, 0.05) is 25.7 Å². The van der Waals surface area contributed by atoms with Crippen LogP contribution < -0.4 is 14.8 Å². The van der Waals surface area contributed by atoms with Crippen LogP contribution in [-0.4, -0.2) is 52.5 Å². The Hall–Kier alpha value is -2.06. The maximum Gasteiger partial charge on any atom is 0.246 e. The van der Waals surface area contributed by atoms with E-state index in [9.17, 15) is 13.2 Å². The first-order chi connectivity index (χ1) is 11.9. The van der Waals surface area contributed by atoms with Gasteiger partial charge in [-0.2, -0.15) is 4.31 Å². The third kappa shape index (κ3) is 4.32. The highest BCUT2D eigenvalue weighted by atomic mass is 32.2. The lowest BCUT2D eigenvalue weighted by molar-refractivity contribution is -0.125. The predicted molar refractivity (Wildman–Crippen MR) is 94.2 cm³/mol. The minimum absolute atomic E-state index is 0.0431. The summed E-state index contributed by atoms with van der Waals surface area (Å²) in [5, 5.41) is 2.73. The smallest absolute Gasteiger partial charge is 0.246 e. The highest BCUT2D eigenvalue weighted by Crippen LogP contribution is 2.32. The number of amides is 1. The number of hydrogen-bond acceptors (Lipinski definition) is 5. The number of hydrogen-bond donors (Lipinski definition) is 1. The molecule has 0 spiro atoms. The lowest BCUT2D eigenvalue weighted by Crippen LogP contribution is -2.45. The molecule has 1 aliphatic rings. The normalized spacial score (nSPS) is 18.4. The van der Waals surface area contributed by atoms with E-state index in [4.69, 9.17) is 9.47 Å². The second kappa shape index (κ2) is 8.35. The van der Waals surface area contributed by atoms with Crippen LogP contribution in [0.3, 0.4) is 0 Å². The summed E-state index contributed by atoms with van der Waals surface area (Å²) < 4.78 is 37.8. The number of benzene rings is 1. The zero-order valence-electron chi connectivity index (χ0n) is 14.5. The second-order valence-electron chi connectivity index (χ2n) is 5.75. The third-order valence-electron chi connectivity index (χ3n) is 4.16. The van der Waals surface area contributed by atoms with Crippen LogP contribution in [0.5, 0.6) is 11.5 Å². The van der Waals surface area contributed by atoms with Crippen molar-refractivity contribution in [3.8, 4) is 11.5 Å². The van der Waals surface area contributed by atoms with Gasteiger partial charge in [-0.05, 0) is 25.0 Å². The first-order valence-electron chi connectivity index (χ1n) is 8.04. The van der Waals surface area contributed by atoms with Crippen molar-refractivity contribution in [2.75, 3.05) is 33.9 Å². The van der Waals surface area contributed by atoms with Crippen LogP contribution in [0.1, 0.15) is 12.8 Å². The molecule has 1 saturated heterocycles. The van der Waals surface area contributed by atoms with Crippen molar-refractivity contribution in [2.45, 2.75) is 17.7 Å². The van der Waals surface area contributed by atoms with Crippen LogP contribution in [0.2, 0.25) is 0 Å². The molecule has 1 fully saturated rings. The lowest BCUT2D eigenvalue weighted by Gasteiger charge is -2.31. The van der Waals surface area contributed by atoms with E-state index in [1.807, 2.05) is 0 Å². The van der Waals surface area contributed by atoms with Crippen molar-refractivity contribution >= 4 is 15.9 Å². The summed E-state index contributed by atoms with van der Waals surface area (Å²) in [7, 11) is -0.906. The Morgan fingerprint density at radius 1 is 1.40 bits per heavy atom. The number of carbonyl (C=O) groups excluding carboxylic acids is 1. The molecule has 2 rings (SSSR count). The van der Waals surface area contributed by atoms with E-state index >= 15 is 0 Å². The van der Waals surface area contributed by atoms with Gasteiger partial charge >= 0.3 is 0 Å². The SMILES string of the molecule is C=CCNC(=O)[C@@H]1CCCN(S(=O)(=O)c2cc(OC)ccc2OC)C1. The molecule has 0 saturated carbocycles. The zero-order chi connectivity index (χ0) is 18.4. The van der Waals surface area contributed by atoms with Gasteiger partial charge in [0.1, 0.15) is 16.4 Å². The molecule has 0 aromatic heterocycles. The molecule has 1 amide bonds. The average Bonchev–Trinajstić information content (AvgIpc) is 2.65. The topological polar surface area (TPSA) is 84.9 Å². The minimum Gasteiger partial charge on any atom is -0.497 e. The van der Waals surface area contributed by atoms with E-state index in [2.05, 4.69) is 11.9 Å². The summed E-state index contributed by atoms with van der Waals surface area (Å²) >= 11 is 0. The van der Waals surface area contributed by atoms with Gasteiger partial charge in [-0.1, -0.05) is 6.08 Å². The number of ether oxygens (including phenoxy) is 2. The molecule has 1 aromatic rings. The van der Waals surface area contributed by atoms with Crippen molar-refractivity contribution in [3.05, 3.63) is 30.9 Å². The van der Waals surface area contributed by atoms with E-state index < -0.39 is 10.0 Å². The van der Waals surface area contributed by atoms with Gasteiger partial charge in [0.2, 0.25) is 15.9 Å². The van der Waals surface area contributed by atoms with Crippen LogP contribution >= 0.6 is 0 Å². The van der Waals surface area contributed by atoms with E-state index in [0.29, 0.717) is 31.7 Å². The molecule has 138 valence electrons. The summed E-state index contributed by atoms with van der Waals surface area (Å²) in [6, 6.07) is 4.64. The third-order valence-corrected chi connectivity index (χ3v) is 6.05. The van der Waals surface area contributed by atoms with Crippen molar-refractivity contribution < 1.29 is 22.7 Å². The summed E-state index contributed by atoms with van der Waals surface area (Å²) in [4.78, 5) is 12.2. The van der Waals surface area contributed by atoms with Gasteiger partial charge in [0.15, 0.2) is 0 Å². The number of nitrogens with zero attached hydrogens (tertiary/aromatic N) is 1. The van der Waals surface area contributed by atoms with Crippen LogP contribution in [0.4, 0.5) is 0 Å². The number of rotatable bonds is 7. The van der Waals surface area contributed by atoms with Crippen LogP contribution in [0, 0.1) is 5.92 Å². The fourth-order valence-corrected chi connectivity index (χ4v) is 4.51. The molecule has 1 atom stereocenters. The number of nitrogens with one attached hydrogen (secondary N) is 1. The molecule has 25 heavy (non-hydrogen) atoms. The molecule has 0 bridgehead atoms. The minimum atomic E-state index is -3.80. The Labute approximate surface area is 148 Å². The van der Waals surface area contributed by atoms with E-state index in [1.54, 1.807) is 18.2 Å². The maximum absolute atomic E-state index is 13.1. The first-order valence-corrected chi connectivity index (χ1v) is 9.48. The number of piperidine rings is 1. The Morgan fingerprint density at radius 3 is 2.80 bits per heavy atom. The molecule has 1 aromatic carbocycles. The molecular formula is C17H24N2O5S. The number of methoxy groups -OCH3 is 2. The van der Waals surface area contributed by atoms with E-state index in [1.165, 1.54) is 24.6 Å². The van der Waals surface area contributed by atoms with Gasteiger partial charge < -0.3 is 14.8 Å². The van der Waals surface area contributed by atoms with E-state index in [0.717, 1.165) is 0 Å².